The van der Waals surface area contributed by atoms with Crippen LogP contribution in [0.25, 0.3) is 0 Å². The lowest BCUT2D eigenvalue weighted by molar-refractivity contribution is -0.199. The number of nitrogens with one attached hydrogen (secondary N) is 4. The number of aliphatic hydroxyl groups is 6. The summed E-state index contributed by atoms with van der Waals surface area (Å²) in [6, 6.07) is 4.60. The van der Waals surface area contributed by atoms with Gasteiger partial charge in [0.15, 0.2) is 18.3 Å². The Hall–Kier alpha value is -3.42. The topological polar surface area (TPSA) is 370 Å². The summed E-state index contributed by atoms with van der Waals surface area (Å²) in [6.07, 6.45) is -18.7. The molecule has 0 spiro atoms. The highest BCUT2D eigenvalue weighted by molar-refractivity contribution is 5.86. The van der Waals surface area contributed by atoms with Gasteiger partial charge in [0.2, 0.25) is 5.91 Å². The fourth-order valence-corrected chi connectivity index (χ4v) is 6.19. The molecule has 15 atom stereocenters. The highest BCUT2D eigenvalue weighted by Crippen LogP contribution is 2.25. The van der Waals surface area contributed by atoms with E-state index in [1.807, 2.05) is 30.3 Å². The van der Waals surface area contributed by atoms with Gasteiger partial charge in [-0.05, 0) is 5.56 Å². The first-order chi connectivity index (χ1) is 24.7. The summed E-state index contributed by atoms with van der Waals surface area (Å²) in [6.45, 7) is -1.03. The molecular formula is C31H50N8O13. The van der Waals surface area contributed by atoms with E-state index in [1.165, 1.54) is 0 Å². The van der Waals surface area contributed by atoms with Crippen molar-refractivity contribution >= 4 is 23.6 Å². The molecule has 0 aromatic heterocycles. The molecule has 0 bridgehead atoms. The minimum atomic E-state index is -1.92. The van der Waals surface area contributed by atoms with Crippen molar-refractivity contribution in [1.82, 2.24) is 21.3 Å². The monoisotopic (exact) mass is 742 g/mol. The van der Waals surface area contributed by atoms with Gasteiger partial charge in [-0.1, -0.05) is 30.3 Å². The highest BCUT2D eigenvalue weighted by Gasteiger charge is 2.51. The number of hydrogen-bond acceptors (Lipinski definition) is 17. The smallest absolute Gasteiger partial charge is 0.251 e. The van der Waals surface area contributed by atoms with Crippen LogP contribution in [0, 0.1) is 0 Å². The quantitative estimate of drug-likeness (QED) is 0.0892. The van der Waals surface area contributed by atoms with Gasteiger partial charge < -0.3 is 89.1 Å². The first-order valence-electron chi connectivity index (χ1n) is 16.8. The minimum Gasteiger partial charge on any atom is -0.389 e. The Kier molecular flexibility index (Phi) is 14.8. The number of benzene rings is 1. The molecular weight excluding hydrogens is 692 g/mol. The molecule has 21 heteroatoms. The van der Waals surface area contributed by atoms with Gasteiger partial charge in [0.05, 0.1) is 30.3 Å². The number of carbonyl (C=O) groups excluding carboxylic acids is 4. The Labute approximate surface area is 298 Å². The molecule has 3 heterocycles. The average Bonchev–Trinajstić information content (AvgIpc) is 3.14. The van der Waals surface area contributed by atoms with E-state index in [9.17, 15) is 49.8 Å². The van der Waals surface area contributed by atoms with E-state index in [4.69, 9.17) is 37.1 Å². The van der Waals surface area contributed by atoms with Crippen LogP contribution < -0.4 is 44.2 Å². The molecule has 52 heavy (non-hydrogen) atoms. The van der Waals surface area contributed by atoms with Gasteiger partial charge in [-0.15, -0.1) is 0 Å². The Bertz CT molecular complexity index is 1360. The van der Waals surface area contributed by atoms with E-state index in [2.05, 4.69) is 21.3 Å². The third-order valence-electron chi connectivity index (χ3n) is 9.35. The van der Waals surface area contributed by atoms with Crippen molar-refractivity contribution in [3.63, 3.8) is 0 Å². The van der Waals surface area contributed by atoms with Gasteiger partial charge in [-0.2, -0.15) is 0 Å². The van der Waals surface area contributed by atoms with Gasteiger partial charge in [0, 0.05) is 39.1 Å². The Morgan fingerprint density at radius 3 is 1.67 bits per heavy atom. The van der Waals surface area contributed by atoms with Gasteiger partial charge >= 0.3 is 0 Å². The maximum absolute atomic E-state index is 13.5. The van der Waals surface area contributed by atoms with Crippen molar-refractivity contribution in [1.29, 1.82) is 0 Å². The zero-order valence-electron chi connectivity index (χ0n) is 28.1. The van der Waals surface area contributed by atoms with E-state index in [1.54, 1.807) is 0 Å². The van der Waals surface area contributed by atoms with Crippen molar-refractivity contribution in [2.75, 3.05) is 26.2 Å². The fourth-order valence-electron chi connectivity index (χ4n) is 6.19. The highest BCUT2D eigenvalue weighted by atomic mass is 16.5. The second-order valence-corrected chi connectivity index (χ2v) is 12.9. The van der Waals surface area contributed by atoms with Crippen LogP contribution >= 0.6 is 0 Å². The maximum atomic E-state index is 13.5. The zero-order valence-corrected chi connectivity index (χ0v) is 28.1. The molecule has 0 radical (unpaired) electrons. The predicted octanol–water partition coefficient (Wildman–Crippen LogP) is -8.55. The van der Waals surface area contributed by atoms with Crippen molar-refractivity contribution in [3.05, 3.63) is 35.9 Å². The van der Waals surface area contributed by atoms with Crippen LogP contribution in [0.3, 0.4) is 0 Å². The van der Waals surface area contributed by atoms with Crippen LogP contribution in [-0.4, -0.2) is 172 Å². The summed E-state index contributed by atoms with van der Waals surface area (Å²) in [4.78, 5) is 52.4. The SMILES string of the molecule is NCC1O[C@@H](C(=O)NCC2O[C@@H](C(=O)NCCC(=O)NCc3ccccc3)C(NC(=O)[C@@H]3OC(CN)[C@@H](O)C(O)C3N)C(O)[C@@H]2O)C(N)C(O)[C@@H]1O. The second kappa shape index (κ2) is 18.6. The minimum absolute atomic E-state index is 0.162. The summed E-state index contributed by atoms with van der Waals surface area (Å²) in [5.41, 5.74) is 23.9. The van der Waals surface area contributed by atoms with Crippen molar-refractivity contribution in [3.8, 4) is 0 Å². The molecule has 3 fully saturated rings. The van der Waals surface area contributed by atoms with Crippen molar-refractivity contribution in [2.45, 2.75) is 104 Å². The molecule has 0 saturated carbocycles. The number of aliphatic hydroxyl groups excluding tert-OH is 6. The fraction of sp³-hybridized carbons (Fsp3) is 0.677. The molecule has 4 rings (SSSR count). The van der Waals surface area contributed by atoms with Gasteiger partial charge in [-0.3, -0.25) is 19.2 Å². The molecule has 9 unspecified atom stereocenters. The van der Waals surface area contributed by atoms with Crippen LogP contribution in [0.4, 0.5) is 0 Å². The number of ether oxygens (including phenoxy) is 3. The van der Waals surface area contributed by atoms with Crippen LogP contribution in [0.1, 0.15) is 12.0 Å². The van der Waals surface area contributed by atoms with Crippen LogP contribution in [0.2, 0.25) is 0 Å². The molecule has 3 aliphatic rings. The molecule has 292 valence electrons. The summed E-state index contributed by atoms with van der Waals surface area (Å²) >= 11 is 0. The molecule has 21 nitrogen and oxygen atoms in total. The van der Waals surface area contributed by atoms with E-state index < -0.39 is 122 Å². The number of hydrogen-bond donors (Lipinski definition) is 14. The lowest BCUT2D eigenvalue weighted by atomic mass is 9.89. The molecule has 0 aliphatic carbocycles. The van der Waals surface area contributed by atoms with E-state index in [-0.39, 0.29) is 32.6 Å². The largest absolute Gasteiger partial charge is 0.389 e. The van der Waals surface area contributed by atoms with Crippen LogP contribution in [0.15, 0.2) is 30.3 Å². The summed E-state index contributed by atoms with van der Waals surface area (Å²) < 4.78 is 16.8. The van der Waals surface area contributed by atoms with Gasteiger partial charge in [0.25, 0.3) is 17.7 Å². The Morgan fingerprint density at radius 2 is 1.12 bits per heavy atom. The number of carbonyl (C=O) groups is 4. The lowest BCUT2D eigenvalue weighted by Crippen LogP contribution is -2.71. The van der Waals surface area contributed by atoms with Crippen molar-refractivity contribution < 1.29 is 64.0 Å². The third-order valence-corrected chi connectivity index (χ3v) is 9.35. The first-order valence-corrected chi connectivity index (χ1v) is 16.8. The Balaban J connectivity index is 1.45. The van der Waals surface area contributed by atoms with Crippen molar-refractivity contribution in [2.24, 2.45) is 22.9 Å². The summed E-state index contributed by atoms with van der Waals surface area (Å²) in [7, 11) is 0. The van der Waals surface area contributed by atoms with E-state index in [0.717, 1.165) is 5.56 Å². The van der Waals surface area contributed by atoms with Crippen LogP contribution in [0.5, 0.6) is 0 Å². The molecule has 3 saturated heterocycles. The molecule has 3 aliphatic heterocycles. The third kappa shape index (κ3) is 9.57. The van der Waals surface area contributed by atoms with E-state index >= 15 is 0 Å². The van der Waals surface area contributed by atoms with Gasteiger partial charge in [0.1, 0.15) is 42.7 Å². The number of rotatable bonds is 13. The number of nitrogens with two attached hydrogens (primary N) is 4. The first kappa shape index (κ1) is 41.3. The van der Waals surface area contributed by atoms with Gasteiger partial charge in [-0.25, -0.2) is 0 Å². The number of amides is 4. The molecule has 1 aromatic carbocycles. The average molecular weight is 743 g/mol. The van der Waals surface area contributed by atoms with Crippen LogP contribution in [-0.2, 0) is 39.9 Å². The standard InChI is InChI=1S/C31H50N8O13/c32-8-13-20(41)23(44)17(34)26(50-13)29(47)38-11-15-22(43)25(46)19(39-31(49)27-18(35)24(45)21(42)14(9-33)51-27)28(52-15)30(48)36-7-6-16(40)37-10-12-4-2-1-3-5-12/h1-5,13-15,17-28,41-46H,6-11,32-35H2,(H,36,48)(H,37,40)(H,38,47)(H,39,49)/t13?,14?,15?,17?,18?,19?,20-,21-,22-,23?,24?,25?,26-,27-,28-/m1/s1. The normalized spacial score (nSPS) is 37.8. The zero-order chi connectivity index (χ0) is 38.3. The molecule has 4 amide bonds. The predicted molar refractivity (Wildman–Crippen MR) is 177 cm³/mol. The maximum Gasteiger partial charge on any atom is 0.251 e. The van der Waals surface area contributed by atoms with E-state index in [0.29, 0.717) is 0 Å². The summed E-state index contributed by atoms with van der Waals surface area (Å²) in [5, 5.41) is 73.2. The molecule has 18 N–H and O–H groups in total. The lowest BCUT2D eigenvalue weighted by Gasteiger charge is -2.44. The Morgan fingerprint density at radius 1 is 0.615 bits per heavy atom. The summed E-state index contributed by atoms with van der Waals surface area (Å²) in [5.74, 6) is -3.25. The second-order valence-electron chi connectivity index (χ2n) is 12.9. The molecule has 1 aromatic rings.